The Morgan fingerprint density at radius 1 is 1.02 bits per heavy atom. The van der Waals surface area contributed by atoms with E-state index in [4.69, 9.17) is 37.4 Å². The molecule has 53 heavy (non-hydrogen) atoms. The summed E-state index contributed by atoms with van der Waals surface area (Å²) in [6, 6.07) is 16.0. The smallest absolute Gasteiger partial charge is 0.141 e. The van der Waals surface area contributed by atoms with Crippen molar-refractivity contribution in [3.63, 3.8) is 0 Å². The number of halogens is 2. The monoisotopic (exact) mass is 752 g/mol. The second-order valence-electron chi connectivity index (χ2n) is 14.5. The average Bonchev–Trinajstić information content (AvgIpc) is 3.87. The Hall–Kier alpha value is -4.17. The molecule has 2 saturated heterocycles. The van der Waals surface area contributed by atoms with Gasteiger partial charge in [-0.15, -0.1) is 0 Å². The predicted molar refractivity (Wildman–Crippen MR) is 208 cm³/mol. The highest BCUT2D eigenvalue weighted by Crippen LogP contribution is 2.43. The predicted octanol–water partition coefficient (Wildman–Crippen LogP) is 8.66. The summed E-state index contributed by atoms with van der Waals surface area (Å²) in [6.07, 6.45) is 17.9. The van der Waals surface area contributed by atoms with Gasteiger partial charge in [0.25, 0.3) is 0 Å². The molecule has 0 saturated carbocycles. The molecule has 2 fully saturated rings. The number of hydrogen-bond acceptors (Lipinski definition) is 8. The van der Waals surface area contributed by atoms with Crippen molar-refractivity contribution >= 4 is 28.8 Å². The van der Waals surface area contributed by atoms with Crippen molar-refractivity contribution < 1.29 is 14.2 Å². The molecule has 276 valence electrons. The molecule has 0 bridgehead atoms. The first-order valence-electron chi connectivity index (χ1n) is 18.4. The summed E-state index contributed by atoms with van der Waals surface area (Å²) in [5.41, 5.74) is 4.70. The zero-order chi connectivity index (χ0) is 36.8. The van der Waals surface area contributed by atoms with Gasteiger partial charge in [0.1, 0.15) is 36.4 Å². The van der Waals surface area contributed by atoms with E-state index >= 15 is 0 Å². The van der Waals surface area contributed by atoms with Crippen LogP contribution in [0.5, 0.6) is 11.5 Å². The topological polar surface area (TPSA) is 99.5 Å². The van der Waals surface area contributed by atoms with Crippen molar-refractivity contribution in [3.8, 4) is 17.6 Å². The fourth-order valence-electron chi connectivity index (χ4n) is 7.93. The Balaban J connectivity index is 1.17. The average molecular weight is 754 g/mol. The number of likely N-dealkylation sites (tertiary alicyclic amines) is 2. The van der Waals surface area contributed by atoms with Gasteiger partial charge in [0.2, 0.25) is 0 Å². The third-order valence-corrected chi connectivity index (χ3v) is 11.5. The molecule has 9 nitrogen and oxygen atoms in total. The van der Waals surface area contributed by atoms with Crippen LogP contribution in [-0.2, 0) is 17.9 Å². The molecule has 4 heterocycles. The van der Waals surface area contributed by atoms with E-state index < -0.39 is 5.60 Å². The van der Waals surface area contributed by atoms with Crippen molar-refractivity contribution in [2.24, 2.45) is 11.8 Å². The number of rotatable bonds is 13. The lowest BCUT2D eigenvalue weighted by Crippen LogP contribution is -2.47. The van der Waals surface area contributed by atoms with E-state index in [2.05, 4.69) is 69.3 Å². The Morgan fingerprint density at radius 3 is 2.70 bits per heavy atom. The molecule has 0 amide bonds. The number of nitriles is 1. The Bertz CT molecular complexity index is 1980. The first kappa shape index (κ1) is 37.2. The largest absolute Gasteiger partial charge is 0.489 e. The van der Waals surface area contributed by atoms with Gasteiger partial charge in [-0.3, -0.25) is 15.0 Å². The normalized spacial score (nSPS) is 23.5. The van der Waals surface area contributed by atoms with Crippen LogP contribution in [-0.4, -0.2) is 70.5 Å². The van der Waals surface area contributed by atoms with Crippen LogP contribution in [0.25, 0.3) is 5.57 Å². The summed E-state index contributed by atoms with van der Waals surface area (Å²) in [7, 11) is 2.18. The van der Waals surface area contributed by atoms with Gasteiger partial charge in [0.05, 0.1) is 23.4 Å². The zero-order valence-corrected chi connectivity index (χ0v) is 31.8. The molecule has 3 aliphatic rings. The van der Waals surface area contributed by atoms with Gasteiger partial charge in [0, 0.05) is 71.4 Å². The van der Waals surface area contributed by atoms with Crippen molar-refractivity contribution in [1.29, 1.82) is 5.26 Å². The third kappa shape index (κ3) is 8.64. The number of nitrogens with one attached hydrogen (secondary N) is 1. The Morgan fingerprint density at radius 2 is 1.89 bits per heavy atom. The fraction of sp³-hybridized carbons (Fsp3) is 0.405. The lowest BCUT2D eigenvalue weighted by atomic mass is 9.77. The van der Waals surface area contributed by atoms with Crippen LogP contribution in [0.3, 0.4) is 0 Å². The summed E-state index contributed by atoms with van der Waals surface area (Å²) in [5.74, 6) is 1.53. The molecule has 2 aromatic carbocycles. The van der Waals surface area contributed by atoms with Gasteiger partial charge in [-0.2, -0.15) is 10.4 Å². The maximum absolute atomic E-state index is 9.44. The number of hydrogen-bond donors (Lipinski definition) is 1. The maximum atomic E-state index is 9.44. The number of pyridine rings is 1. The molecule has 4 atom stereocenters. The second kappa shape index (κ2) is 16.9. The van der Waals surface area contributed by atoms with Gasteiger partial charge in [-0.05, 0) is 87.2 Å². The molecule has 4 unspecified atom stereocenters. The molecule has 4 aromatic rings. The van der Waals surface area contributed by atoms with Gasteiger partial charge < -0.3 is 19.1 Å². The minimum atomic E-state index is -0.779. The van der Waals surface area contributed by atoms with Gasteiger partial charge in [0.15, 0.2) is 0 Å². The number of benzene rings is 2. The molecule has 1 aliphatic carbocycles. The Kier molecular flexibility index (Phi) is 11.8. The molecule has 7 rings (SSSR count). The standard InChI is InChI=1S/C42H46Cl2N6O3/c1-29-35(36-9-3-4-11-37(36)43)10-5-13-42(29,53-27-30-8-6-14-49(2)24-30)28-52-41-18-40(51-26-32-16-31(19-45)20-46-21-32)33(17-38(41)44)25-50-15-7-12-39(50)34-22-47-48-23-34/h3-5,9-11,13,16-18,20-23,29-30,39H,6-8,12,14-15,24-28H2,1-2H3,(H,47,48). The minimum Gasteiger partial charge on any atom is -0.489 e. The summed E-state index contributed by atoms with van der Waals surface area (Å²) >= 11 is 13.8. The number of nitrogens with zero attached hydrogens (tertiary/aromatic N) is 5. The molecule has 0 radical (unpaired) electrons. The van der Waals surface area contributed by atoms with Crippen LogP contribution in [0.2, 0.25) is 10.0 Å². The zero-order valence-electron chi connectivity index (χ0n) is 30.3. The van der Waals surface area contributed by atoms with Gasteiger partial charge >= 0.3 is 0 Å². The summed E-state index contributed by atoms with van der Waals surface area (Å²) in [5, 5.41) is 17.8. The Labute approximate surface area is 322 Å². The number of H-pyrrole nitrogens is 1. The van der Waals surface area contributed by atoms with Crippen molar-refractivity contribution in [1.82, 2.24) is 25.0 Å². The van der Waals surface area contributed by atoms with E-state index in [1.165, 1.54) is 5.56 Å². The summed E-state index contributed by atoms with van der Waals surface area (Å²) < 4.78 is 20.2. The summed E-state index contributed by atoms with van der Waals surface area (Å²) in [6.45, 7) is 6.96. The fourth-order valence-corrected chi connectivity index (χ4v) is 8.42. The first-order chi connectivity index (χ1) is 25.8. The van der Waals surface area contributed by atoms with Crippen molar-refractivity contribution in [2.45, 2.75) is 57.4 Å². The van der Waals surface area contributed by atoms with E-state index in [9.17, 15) is 5.26 Å². The highest BCUT2D eigenvalue weighted by molar-refractivity contribution is 6.32. The number of aromatic nitrogens is 3. The number of ether oxygens (including phenoxy) is 3. The molecular weight excluding hydrogens is 707 g/mol. The lowest BCUT2D eigenvalue weighted by molar-refractivity contribution is -0.0788. The molecule has 0 spiro atoms. The van der Waals surface area contributed by atoms with E-state index in [0.717, 1.165) is 67.6 Å². The van der Waals surface area contributed by atoms with E-state index in [0.29, 0.717) is 46.2 Å². The van der Waals surface area contributed by atoms with E-state index in [1.807, 2.05) is 42.7 Å². The van der Waals surface area contributed by atoms with Gasteiger partial charge in [-0.25, -0.2) is 0 Å². The van der Waals surface area contributed by atoms with E-state index in [1.54, 1.807) is 18.5 Å². The molecule has 11 heteroatoms. The van der Waals surface area contributed by atoms with Gasteiger partial charge in [-0.1, -0.05) is 60.5 Å². The van der Waals surface area contributed by atoms with E-state index in [-0.39, 0.29) is 25.2 Å². The van der Waals surface area contributed by atoms with Crippen LogP contribution in [0.4, 0.5) is 0 Å². The van der Waals surface area contributed by atoms with Crippen molar-refractivity contribution in [2.75, 3.05) is 39.9 Å². The van der Waals surface area contributed by atoms with Crippen LogP contribution in [0.15, 0.2) is 85.5 Å². The summed E-state index contributed by atoms with van der Waals surface area (Å²) in [4.78, 5) is 9.04. The first-order valence-corrected chi connectivity index (χ1v) is 19.2. The van der Waals surface area contributed by atoms with Crippen LogP contribution < -0.4 is 9.47 Å². The van der Waals surface area contributed by atoms with Crippen LogP contribution in [0, 0.1) is 23.2 Å². The third-order valence-electron chi connectivity index (χ3n) is 10.9. The number of piperidine rings is 1. The highest BCUT2D eigenvalue weighted by Gasteiger charge is 2.41. The highest BCUT2D eigenvalue weighted by atomic mass is 35.5. The molecule has 2 aliphatic heterocycles. The van der Waals surface area contributed by atoms with Crippen LogP contribution in [0.1, 0.15) is 66.5 Å². The minimum absolute atomic E-state index is 0.0718. The van der Waals surface area contributed by atoms with Crippen molar-refractivity contribution in [3.05, 3.63) is 123 Å². The molecule has 1 N–H and O–H groups in total. The second-order valence-corrected chi connectivity index (χ2v) is 15.4. The van der Waals surface area contributed by atoms with Crippen LogP contribution >= 0.6 is 23.2 Å². The molecule has 2 aromatic heterocycles. The molecular formula is C42H46Cl2N6O3. The lowest BCUT2D eigenvalue weighted by Gasteiger charge is -2.41. The number of allylic oxidation sites excluding steroid dienone is 2. The SMILES string of the molecule is CC1C(c2ccccc2Cl)=CC=CC1(COc1cc(OCc2cncc(C#N)c2)c(CN2CCCC2c2cn[nH]c2)cc1Cl)OCC1CCCN(C)C1. The quantitative estimate of drug-likeness (QED) is 0.145. The number of aromatic amines is 1. The maximum Gasteiger partial charge on any atom is 0.141 e.